The fourth-order valence-electron chi connectivity index (χ4n) is 1.71. The van der Waals surface area contributed by atoms with Gasteiger partial charge in [0.1, 0.15) is 0 Å². The molecule has 1 rings (SSSR count). The summed E-state index contributed by atoms with van der Waals surface area (Å²) in [5.41, 5.74) is -0.0750. The maximum atomic E-state index is 13.3. The summed E-state index contributed by atoms with van der Waals surface area (Å²) in [5, 5.41) is 2.72. The van der Waals surface area contributed by atoms with Gasteiger partial charge in [0, 0.05) is 13.7 Å². The monoisotopic (exact) mass is 283 g/mol. The Morgan fingerprint density at radius 1 is 1.35 bits per heavy atom. The van der Waals surface area contributed by atoms with Crippen LogP contribution in [-0.2, 0) is 9.53 Å². The Bertz CT molecular complexity index is 443. The van der Waals surface area contributed by atoms with Gasteiger partial charge in [-0.3, -0.25) is 4.79 Å². The average molecular weight is 283 g/mol. The Balaban J connectivity index is 2.39. The summed E-state index contributed by atoms with van der Waals surface area (Å²) in [6.45, 7) is 6.26. The fourth-order valence-corrected chi connectivity index (χ4v) is 1.71. The topological polar surface area (TPSA) is 47.6 Å². The number of nitrogens with one attached hydrogen (secondary N) is 1. The number of benzene rings is 1. The Labute approximate surface area is 119 Å². The molecule has 0 heterocycles. The Morgan fingerprint density at radius 2 is 2.00 bits per heavy atom. The molecular weight excluding hydrogens is 261 g/mol. The number of hydrogen-bond acceptors (Lipinski definition) is 3. The summed E-state index contributed by atoms with van der Waals surface area (Å²) < 4.78 is 23.7. The van der Waals surface area contributed by atoms with Crippen LogP contribution in [0.1, 0.15) is 20.8 Å². The molecule has 0 radical (unpaired) electrons. The highest BCUT2D eigenvalue weighted by Gasteiger charge is 2.24. The Hall–Kier alpha value is -1.62. The van der Waals surface area contributed by atoms with Gasteiger partial charge in [-0.2, -0.15) is 0 Å². The third-order valence-electron chi connectivity index (χ3n) is 2.93. The molecule has 1 unspecified atom stereocenters. The number of carbonyl (C=O) groups is 1. The molecule has 0 saturated heterocycles. The first kappa shape index (κ1) is 16.4. The van der Waals surface area contributed by atoms with Crippen molar-refractivity contribution in [3.05, 3.63) is 30.1 Å². The van der Waals surface area contributed by atoms with Crippen molar-refractivity contribution >= 4 is 5.91 Å². The molecule has 1 N–H and O–H groups in total. The van der Waals surface area contributed by atoms with Gasteiger partial charge in [-0.25, -0.2) is 4.39 Å². The molecule has 0 aliphatic carbocycles. The summed E-state index contributed by atoms with van der Waals surface area (Å²) in [6, 6.07) is 5.98. The minimum atomic E-state index is -0.482. The van der Waals surface area contributed by atoms with E-state index >= 15 is 0 Å². The molecule has 0 spiro atoms. The zero-order valence-corrected chi connectivity index (χ0v) is 12.4. The number of para-hydroxylation sites is 1. The second-order valence-electron chi connectivity index (χ2n) is 5.61. The first-order chi connectivity index (χ1) is 9.34. The van der Waals surface area contributed by atoms with Crippen LogP contribution in [0.2, 0.25) is 0 Å². The first-order valence-electron chi connectivity index (χ1n) is 6.51. The van der Waals surface area contributed by atoms with E-state index in [-0.39, 0.29) is 29.8 Å². The lowest BCUT2D eigenvalue weighted by atomic mass is 9.89. The van der Waals surface area contributed by atoms with Crippen LogP contribution in [0.3, 0.4) is 0 Å². The van der Waals surface area contributed by atoms with Crippen LogP contribution in [0.25, 0.3) is 0 Å². The molecule has 0 fully saturated rings. The number of hydrogen-bond donors (Lipinski definition) is 1. The minimum Gasteiger partial charge on any atom is -0.481 e. The summed E-state index contributed by atoms with van der Waals surface area (Å²) in [7, 11) is 1.61. The normalized spacial score (nSPS) is 12.8. The van der Waals surface area contributed by atoms with E-state index in [1.165, 1.54) is 12.1 Å². The minimum absolute atomic E-state index is 0.0711. The predicted molar refractivity (Wildman–Crippen MR) is 75.2 cm³/mol. The van der Waals surface area contributed by atoms with Crippen LogP contribution in [0.4, 0.5) is 4.39 Å². The van der Waals surface area contributed by atoms with E-state index in [1.54, 1.807) is 19.2 Å². The van der Waals surface area contributed by atoms with E-state index in [4.69, 9.17) is 9.47 Å². The summed E-state index contributed by atoms with van der Waals surface area (Å²) in [4.78, 5) is 11.7. The van der Waals surface area contributed by atoms with Crippen LogP contribution in [0.5, 0.6) is 5.75 Å². The van der Waals surface area contributed by atoms with Crippen molar-refractivity contribution < 1.29 is 18.7 Å². The lowest BCUT2D eigenvalue weighted by Crippen LogP contribution is -2.42. The molecule has 1 atom stereocenters. The molecule has 5 heteroatoms. The molecule has 4 nitrogen and oxygen atoms in total. The molecule has 20 heavy (non-hydrogen) atoms. The van der Waals surface area contributed by atoms with Gasteiger partial charge in [-0.05, 0) is 17.5 Å². The van der Waals surface area contributed by atoms with E-state index in [0.717, 1.165) is 0 Å². The van der Waals surface area contributed by atoms with E-state index in [0.29, 0.717) is 6.54 Å². The van der Waals surface area contributed by atoms with Gasteiger partial charge in [0.15, 0.2) is 18.2 Å². The van der Waals surface area contributed by atoms with Crippen molar-refractivity contribution in [3.63, 3.8) is 0 Å². The molecule has 1 aromatic rings. The first-order valence-corrected chi connectivity index (χ1v) is 6.51. The molecular formula is C15H22FNO3. The fraction of sp³-hybridized carbons (Fsp3) is 0.533. The molecule has 0 aliphatic rings. The zero-order valence-electron chi connectivity index (χ0n) is 12.4. The van der Waals surface area contributed by atoms with Crippen molar-refractivity contribution in [2.24, 2.45) is 5.41 Å². The third kappa shape index (κ3) is 5.17. The zero-order chi connectivity index (χ0) is 15.2. The van der Waals surface area contributed by atoms with Gasteiger partial charge in [0.05, 0.1) is 6.10 Å². The lowest BCUT2D eigenvalue weighted by molar-refractivity contribution is -0.124. The Morgan fingerprint density at radius 3 is 2.55 bits per heavy atom. The van der Waals surface area contributed by atoms with Crippen LogP contribution < -0.4 is 10.1 Å². The highest BCUT2D eigenvalue weighted by Crippen LogP contribution is 2.21. The van der Waals surface area contributed by atoms with Crippen LogP contribution in [0, 0.1) is 11.2 Å². The number of ether oxygens (including phenoxy) is 2. The van der Waals surface area contributed by atoms with Gasteiger partial charge >= 0.3 is 0 Å². The predicted octanol–water partition coefficient (Wildman–Crippen LogP) is 2.38. The van der Waals surface area contributed by atoms with E-state index in [9.17, 15) is 9.18 Å². The van der Waals surface area contributed by atoms with Gasteiger partial charge in [-0.1, -0.05) is 32.9 Å². The van der Waals surface area contributed by atoms with Crippen LogP contribution in [0.15, 0.2) is 24.3 Å². The van der Waals surface area contributed by atoms with Gasteiger partial charge in [0.25, 0.3) is 5.91 Å². The van der Waals surface area contributed by atoms with E-state index < -0.39 is 5.82 Å². The van der Waals surface area contributed by atoms with E-state index in [1.807, 2.05) is 20.8 Å². The average Bonchev–Trinajstić information content (AvgIpc) is 2.37. The van der Waals surface area contributed by atoms with Gasteiger partial charge < -0.3 is 14.8 Å². The molecule has 0 aromatic heterocycles. The highest BCUT2D eigenvalue weighted by atomic mass is 19.1. The second kappa shape index (κ2) is 7.24. The summed E-state index contributed by atoms with van der Waals surface area (Å²) in [5.74, 6) is -0.717. The molecule has 1 amide bonds. The molecule has 0 saturated carbocycles. The van der Waals surface area contributed by atoms with Crippen molar-refractivity contribution in [2.75, 3.05) is 20.3 Å². The standard InChI is InChI=1S/C15H22FNO3/c1-15(2,3)13(19-4)9-17-14(18)10-20-12-8-6-5-7-11(12)16/h5-8,13H,9-10H2,1-4H3,(H,17,18). The number of rotatable bonds is 6. The quantitative estimate of drug-likeness (QED) is 0.872. The summed E-state index contributed by atoms with van der Waals surface area (Å²) in [6.07, 6.45) is -0.0973. The lowest BCUT2D eigenvalue weighted by Gasteiger charge is -2.29. The highest BCUT2D eigenvalue weighted by molar-refractivity contribution is 5.77. The molecule has 112 valence electrons. The smallest absolute Gasteiger partial charge is 0.258 e. The van der Waals surface area contributed by atoms with Gasteiger partial charge in [0.2, 0.25) is 0 Å². The van der Waals surface area contributed by atoms with Crippen LogP contribution in [-0.4, -0.2) is 32.3 Å². The van der Waals surface area contributed by atoms with Crippen molar-refractivity contribution in [1.82, 2.24) is 5.32 Å². The number of methoxy groups -OCH3 is 1. The third-order valence-corrected chi connectivity index (χ3v) is 2.93. The molecule has 0 bridgehead atoms. The second-order valence-corrected chi connectivity index (χ2v) is 5.61. The summed E-state index contributed by atoms with van der Waals surface area (Å²) >= 11 is 0. The van der Waals surface area contributed by atoms with Crippen molar-refractivity contribution in [1.29, 1.82) is 0 Å². The number of halogens is 1. The molecule has 0 aliphatic heterocycles. The van der Waals surface area contributed by atoms with E-state index in [2.05, 4.69) is 5.32 Å². The maximum Gasteiger partial charge on any atom is 0.258 e. The van der Waals surface area contributed by atoms with Gasteiger partial charge in [-0.15, -0.1) is 0 Å². The number of carbonyl (C=O) groups excluding carboxylic acids is 1. The maximum absolute atomic E-state index is 13.3. The Kier molecular flexibility index (Phi) is 5.95. The van der Waals surface area contributed by atoms with Crippen molar-refractivity contribution in [2.45, 2.75) is 26.9 Å². The largest absolute Gasteiger partial charge is 0.481 e. The SMILES string of the molecule is COC(CNC(=O)COc1ccccc1F)C(C)(C)C. The molecule has 1 aromatic carbocycles. The number of amides is 1. The van der Waals surface area contributed by atoms with Crippen LogP contribution >= 0.6 is 0 Å². The van der Waals surface area contributed by atoms with Crippen molar-refractivity contribution in [3.8, 4) is 5.75 Å².